The molecule has 0 radical (unpaired) electrons. The molecule has 1 unspecified atom stereocenters. The number of benzene rings is 1. The van der Waals surface area contributed by atoms with E-state index in [0.717, 1.165) is 6.07 Å². The van der Waals surface area contributed by atoms with E-state index in [1.807, 2.05) is 25.7 Å². The molecule has 35 heavy (non-hydrogen) atoms. The Morgan fingerprint density at radius 1 is 1.03 bits per heavy atom. The number of amides is 2. The number of anilines is 1. The average Bonchev–Trinajstić information content (AvgIpc) is 2.82. The highest BCUT2D eigenvalue weighted by Gasteiger charge is 2.36. The molecule has 1 aromatic carbocycles. The Morgan fingerprint density at radius 3 is 2.26 bits per heavy atom. The molecule has 11 heteroatoms. The lowest BCUT2D eigenvalue weighted by molar-refractivity contribution is -0.138. The summed E-state index contributed by atoms with van der Waals surface area (Å²) in [5.74, 6) is -0.552. The van der Waals surface area contributed by atoms with Crippen molar-refractivity contribution < 1.29 is 27.9 Å². The van der Waals surface area contributed by atoms with E-state index in [1.165, 1.54) is 29.2 Å². The highest BCUT2D eigenvalue weighted by Crippen LogP contribution is 2.32. The Hall–Kier alpha value is -3.21. The summed E-state index contributed by atoms with van der Waals surface area (Å²) in [5, 5.41) is 20.8. The van der Waals surface area contributed by atoms with Crippen molar-refractivity contribution in [3.63, 3.8) is 0 Å². The number of piperazine rings is 1. The number of nitrogens with one attached hydrogen (secondary N) is 1. The van der Waals surface area contributed by atoms with Crippen LogP contribution in [0.4, 0.5) is 19.0 Å². The van der Waals surface area contributed by atoms with Gasteiger partial charge in [0.2, 0.25) is 0 Å². The number of carbonyl (C=O) groups is 2. The molecule has 0 bridgehead atoms. The first-order chi connectivity index (χ1) is 16.4. The van der Waals surface area contributed by atoms with E-state index in [0.29, 0.717) is 31.9 Å². The third kappa shape index (κ3) is 6.68. The second-order valence-corrected chi connectivity index (χ2v) is 9.53. The zero-order valence-corrected chi connectivity index (χ0v) is 20.0. The van der Waals surface area contributed by atoms with E-state index in [9.17, 15) is 27.9 Å². The van der Waals surface area contributed by atoms with E-state index in [4.69, 9.17) is 0 Å². The Morgan fingerprint density at radius 2 is 1.69 bits per heavy atom. The van der Waals surface area contributed by atoms with Gasteiger partial charge in [0.15, 0.2) is 11.5 Å². The second kappa shape index (κ2) is 10.6. The number of aromatic nitrogens is 2. The summed E-state index contributed by atoms with van der Waals surface area (Å²) in [6.45, 7) is 7.24. The minimum Gasteiger partial charge on any atom is -0.393 e. The van der Waals surface area contributed by atoms with Gasteiger partial charge >= 0.3 is 6.18 Å². The van der Waals surface area contributed by atoms with Crippen molar-refractivity contribution in [3.05, 3.63) is 53.2 Å². The monoisotopic (exact) mass is 493 g/mol. The van der Waals surface area contributed by atoms with Crippen LogP contribution in [0.25, 0.3) is 0 Å². The topological polar surface area (TPSA) is 98.7 Å². The summed E-state index contributed by atoms with van der Waals surface area (Å²) in [6.07, 6.45) is -4.75. The van der Waals surface area contributed by atoms with Gasteiger partial charge in [-0.15, -0.1) is 10.2 Å². The van der Waals surface area contributed by atoms with Gasteiger partial charge in [0.1, 0.15) is 0 Å². The molecule has 0 spiro atoms. The van der Waals surface area contributed by atoms with Crippen molar-refractivity contribution in [3.8, 4) is 0 Å². The third-order valence-electron chi connectivity index (χ3n) is 5.94. The quantitative estimate of drug-likeness (QED) is 0.642. The number of nitrogens with zero attached hydrogens (tertiary/aromatic N) is 4. The van der Waals surface area contributed by atoms with Crippen molar-refractivity contribution >= 4 is 17.6 Å². The van der Waals surface area contributed by atoms with Gasteiger partial charge in [-0.3, -0.25) is 9.59 Å². The summed E-state index contributed by atoms with van der Waals surface area (Å²) in [6, 6.07) is 7.95. The normalized spacial score (nSPS) is 15.6. The number of alkyl halides is 3. The number of hydrogen-bond acceptors (Lipinski definition) is 6. The van der Waals surface area contributed by atoms with Gasteiger partial charge in [0, 0.05) is 32.7 Å². The van der Waals surface area contributed by atoms with E-state index >= 15 is 0 Å². The Balaban J connectivity index is 1.54. The number of hydrogen-bond donors (Lipinski definition) is 2. The first-order valence-electron chi connectivity index (χ1n) is 11.4. The van der Waals surface area contributed by atoms with E-state index in [-0.39, 0.29) is 29.8 Å². The minimum atomic E-state index is -4.61. The lowest BCUT2D eigenvalue weighted by Crippen LogP contribution is -2.49. The molecule has 2 N–H and O–H groups in total. The molecule has 1 fully saturated rings. The molecular weight excluding hydrogens is 463 g/mol. The first kappa shape index (κ1) is 26.4. The minimum absolute atomic E-state index is 0.136. The van der Waals surface area contributed by atoms with E-state index < -0.39 is 29.7 Å². The molecule has 2 heterocycles. The number of rotatable bonds is 6. The molecule has 0 saturated carbocycles. The van der Waals surface area contributed by atoms with Crippen LogP contribution in [-0.2, 0) is 6.18 Å². The van der Waals surface area contributed by atoms with Crippen LogP contribution in [-0.4, -0.2) is 70.8 Å². The maximum Gasteiger partial charge on any atom is 0.417 e. The molecule has 8 nitrogen and oxygen atoms in total. The van der Waals surface area contributed by atoms with Crippen LogP contribution in [0, 0.1) is 5.41 Å². The molecule has 2 aromatic rings. The van der Waals surface area contributed by atoms with Crippen LogP contribution in [0.1, 0.15) is 53.6 Å². The zero-order valence-electron chi connectivity index (χ0n) is 20.0. The van der Waals surface area contributed by atoms with Gasteiger partial charge in [-0.25, -0.2) is 0 Å². The Kier molecular flexibility index (Phi) is 7.99. The van der Waals surface area contributed by atoms with Crippen LogP contribution in [0.2, 0.25) is 0 Å². The fourth-order valence-electron chi connectivity index (χ4n) is 3.69. The van der Waals surface area contributed by atoms with Crippen molar-refractivity contribution in [1.29, 1.82) is 0 Å². The molecule has 1 aliphatic heterocycles. The van der Waals surface area contributed by atoms with E-state index in [1.54, 1.807) is 6.07 Å². The summed E-state index contributed by atoms with van der Waals surface area (Å²) >= 11 is 0. The molecule has 2 amide bonds. The largest absolute Gasteiger partial charge is 0.417 e. The number of halogens is 3. The summed E-state index contributed by atoms with van der Waals surface area (Å²) < 4.78 is 39.8. The van der Waals surface area contributed by atoms with Crippen LogP contribution in [0.15, 0.2) is 36.4 Å². The fraction of sp³-hybridized carbons (Fsp3) is 0.500. The fourth-order valence-corrected chi connectivity index (χ4v) is 3.69. The molecular formula is C24H30F3N5O3. The highest BCUT2D eigenvalue weighted by atomic mass is 19.4. The number of aliphatic hydroxyl groups is 1. The third-order valence-corrected chi connectivity index (χ3v) is 5.94. The second-order valence-electron chi connectivity index (χ2n) is 9.53. The number of aliphatic hydroxyl groups excluding tert-OH is 1. The number of carbonyl (C=O) groups excluding carboxylic acids is 2. The van der Waals surface area contributed by atoms with Gasteiger partial charge in [0.25, 0.3) is 11.8 Å². The summed E-state index contributed by atoms with van der Waals surface area (Å²) in [5.41, 5.74) is -1.45. The van der Waals surface area contributed by atoms with Crippen molar-refractivity contribution in [1.82, 2.24) is 20.4 Å². The van der Waals surface area contributed by atoms with Crippen LogP contribution in [0.5, 0.6) is 0 Å². The maximum absolute atomic E-state index is 13.3. The molecule has 1 aliphatic rings. The Labute approximate surface area is 202 Å². The lowest BCUT2D eigenvalue weighted by Gasteiger charge is -2.35. The maximum atomic E-state index is 13.3. The molecule has 1 aromatic heterocycles. The molecule has 1 saturated heterocycles. The lowest BCUT2D eigenvalue weighted by atomic mass is 9.87. The van der Waals surface area contributed by atoms with Crippen LogP contribution in [0.3, 0.4) is 0 Å². The van der Waals surface area contributed by atoms with Crippen LogP contribution < -0.4 is 10.2 Å². The standard InChI is InChI=1S/C24H30F3N5O3/c1-23(2,3)19(33)10-11-28-21(34)18-8-9-20(30-29-18)31-12-14-32(15-13-31)22(35)16-6-4-5-7-17(16)24(25,26)27/h4-9,19,33H,10-15H2,1-3H3,(H,28,34). The smallest absolute Gasteiger partial charge is 0.393 e. The van der Waals surface area contributed by atoms with Gasteiger partial charge in [-0.2, -0.15) is 13.2 Å². The van der Waals surface area contributed by atoms with Gasteiger partial charge in [0.05, 0.1) is 17.2 Å². The van der Waals surface area contributed by atoms with Gasteiger partial charge in [-0.1, -0.05) is 32.9 Å². The predicted molar refractivity (Wildman–Crippen MR) is 124 cm³/mol. The summed E-state index contributed by atoms with van der Waals surface area (Å²) in [4.78, 5) is 28.3. The van der Waals surface area contributed by atoms with Gasteiger partial charge in [-0.05, 0) is 36.1 Å². The van der Waals surface area contributed by atoms with Gasteiger partial charge < -0.3 is 20.2 Å². The highest BCUT2D eigenvalue weighted by molar-refractivity contribution is 5.96. The first-order valence-corrected chi connectivity index (χ1v) is 11.4. The zero-order chi connectivity index (χ0) is 25.8. The summed E-state index contributed by atoms with van der Waals surface area (Å²) in [7, 11) is 0. The van der Waals surface area contributed by atoms with E-state index in [2.05, 4.69) is 15.5 Å². The Bertz CT molecular complexity index is 1030. The van der Waals surface area contributed by atoms with Crippen molar-refractivity contribution in [2.45, 2.75) is 39.5 Å². The van der Waals surface area contributed by atoms with Crippen molar-refractivity contribution in [2.75, 3.05) is 37.6 Å². The molecule has 1 atom stereocenters. The average molecular weight is 494 g/mol. The molecule has 0 aliphatic carbocycles. The molecule has 190 valence electrons. The van der Waals surface area contributed by atoms with Crippen molar-refractivity contribution in [2.24, 2.45) is 5.41 Å². The predicted octanol–water partition coefficient (Wildman–Crippen LogP) is 2.98. The SMILES string of the molecule is CC(C)(C)C(O)CCNC(=O)c1ccc(N2CCN(C(=O)c3ccccc3C(F)(F)F)CC2)nn1. The van der Waals surface area contributed by atoms with Crippen LogP contribution >= 0.6 is 0 Å². The molecule has 3 rings (SSSR count).